The number of nitrogens with zero attached hydrogens (tertiary/aromatic N) is 1. The number of primary amides is 1. The Bertz CT molecular complexity index is 939. The fourth-order valence-electron chi connectivity index (χ4n) is 3.12. The number of alkyl halides is 3. The number of hydrogen-bond donors (Lipinski definition) is 2. The van der Waals surface area contributed by atoms with E-state index in [0.29, 0.717) is 17.3 Å². The maximum absolute atomic E-state index is 13.2. The molecule has 0 saturated carbocycles. The summed E-state index contributed by atoms with van der Waals surface area (Å²) in [5, 5.41) is 2.53. The predicted molar refractivity (Wildman–Crippen MR) is 110 cm³/mol. The number of morpholine rings is 1. The lowest BCUT2D eigenvalue weighted by Gasteiger charge is -2.33. The number of nitrogens with one attached hydrogen (secondary N) is 1. The van der Waals surface area contributed by atoms with Crippen molar-refractivity contribution in [2.45, 2.75) is 36.4 Å². The summed E-state index contributed by atoms with van der Waals surface area (Å²) >= 11 is 2.47. The van der Waals surface area contributed by atoms with Crippen LogP contribution in [0.3, 0.4) is 0 Å². The molecule has 0 bridgehead atoms. The second-order valence-electron chi connectivity index (χ2n) is 6.87. The summed E-state index contributed by atoms with van der Waals surface area (Å²) in [5.41, 5.74) is 3.88. The first-order valence-electron chi connectivity index (χ1n) is 9.04. The molecule has 2 unspecified atom stereocenters. The van der Waals surface area contributed by atoms with E-state index in [-0.39, 0.29) is 22.8 Å². The number of halogens is 3. The van der Waals surface area contributed by atoms with Crippen molar-refractivity contribution in [3.63, 3.8) is 0 Å². The smallest absolute Gasteiger partial charge is 0.373 e. The lowest BCUT2D eigenvalue weighted by atomic mass is 10.1. The first kappa shape index (κ1) is 22.6. The summed E-state index contributed by atoms with van der Waals surface area (Å²) in [7, 11) is 0. The minimum Gasteiger partial charge on any atom is -0.373 e. The van der Waals surface area contributed by atoms with Crippen LogP contribution < -0.4 is 11.1 Å². The van der Waals surface area contributed by atoms with Gasteiger partial charge in [0.1, 0.15) is 5.00 Å². The lowest BCUT2D eigenvalue weighted by Crippen LogP contribution is -2.41. The monoisotopic (exact) mass is 459 g/mol. The first-order valence-corrected chi connectivity index (χ1v) is 10.6. The Morgan fingerprint density at radius 1 is 1.20 bits per heavy atom. The molecule has 162 valence electrons. The molecular weight excluding hydrogens is 439 g/mol. The van der Waals surface area contributed by atoms with Gasteiger partial charge in [-0.2, -0.15) is 13.2 Å². The number of ether oxygens (including phenoxy) is 1. The number of hydrogen-bond acceptors (Lipinski definition) is 6. The summed E-state index contributed by atoms with van der Waals surface area (Å²) in [6.45, 7) is 5.24. The number of rotatable bonds is 5. The molecule has 30 heavy (non-hydrogen) atoms. The molecule has 1 fully saturated rings. The number of thiophene rings is 1. The van der Waals surface area contributed by atoms with Crippen molar-refractivity contribution < 1.29 is 27.5 Å². The fourth-order valence-corrected chi connectivity index (χ4v) is 5.62. The zero-order valence-corrected chi connectivity index (χ0v) is 17.8. The zero-order valence-electron chi connectivity index (χ0n) is 16.2. The van der Waals surface area contributed by atoms with Gasteiger partial charge in [-0.25, -0.2) is 4.31 Å². The Balaban J connectivity index is 1.83. The molecule has 2 atom stereocenters. The van der Waals surface area contributed by atoms with E-state index in [1.165, 1.54) is 30.1 Å². The van der Waals surface area contributed by atoms with Crippen molar-refractivity contribution >= 4 is 40.1 Å². The molecule has 3 rings (SSSR count). The van der Waals surface area contributed by atoms with Gasteiger partial charge in [0.05, 0.1) is 33.1 Å². The quantitative estimate of drug-likeness (QED) is 0.654. The number of anilines is 1. The SMILES string of the molecule is CC1CN(Sc2cc(C(N)=O)c(NC(=O)c3ccccc3C(F)(F)F)s2)CC(C)O1. The fraction of sp³-hybridized carbons (Fsp3) is 0.368. The first-order chi connectivity index (χ1) is 14.0. The molecule has 3 N–H and O–H groups in total. The van der Waals surface area contributed by atoms with Crippen LogP contribution in [0.5, 0.6) is 0 Å². The Morgan fingerprint density at radius 2 is 1.83 bits per heavy atom. The maximum Gasteiger partial charge on any atom is 0.417 e. The van der Waals surface area contributed by atoms with E-state index in [9.17, 15) is 22.8 Å². The molecule has 6 nitrogen and oxygen atoms in total. The highest BCUT2D eigenvalue weighted by Gasteiger charge is 2.35. The second-order valence-corrected chi connectivity index (χ2v) is 9.31. The van der Waals surface area contributed by atoms with Crippen molar-refractivity contribution in [2.24, 2.45) is 5.73 Å². The molecule has 1 aromatic carbocycles. The molecule has 1 aliphatic heterocycles. The molecule has 2 amide bonds. The highest BCUT2D eigenvalue weighted by Crippen LogP contribution is 2.38. The van der Waals surface area contributed by atoms with Gasteiger partial charge < -0.3 is 15.8 Å². The number of nitrogens with two attached hydrogens (primary N) is 1. The summed E-state index contributed by atoms with van der Waals surface area (Å²) in [6.07, 6.45) is -4.61. The van der Waals surface area contributed by atoms with Gasteiger partial charge in [0, 0.05) is 13.1 Å². The summed E-state index contributed by atoms with van der Waals surface area (Å²) < 4.78 is 48.1. The van der Waals surface area contributed by atoms with E-state index < -0.39 is 29.1 Å². The molecule has 0 aliphatic carbocycles. The molecule has 2 heterocycles. The van der Waals surface area contributed by atoms with Crippen LogP contribution in [0.4, 0.5) is 18.2 Å². The molecule has 11 heteroatoms. The summed E-state index contributed by atoms with van der Waals surface area (Å²) in [4.78, 5) is 24.4. The van der Waals surface area contributed by atoms with Crippen molar-refractivity contribution in [3.8, 4) is 0 Å². The van der Waals surface area contributed by atoms with E-state index in [1.54, 1.807) is 0 Å². The standard InChI is InChI=1S/C19H20F3N3O3S2/c1-10-8-25(9-11(2)28-10)30-15-7-13(16(23)26)18(29-15)24-17(27)12-5-3-4-6-14(12)19(20,21)22/h3-7,10-11H,8-9H2,1-2H3,(H2,23,26)(H,24,27). The second kappa shape index (κ2) is 8.96. The predicted octanol–water partition coefficient (Wildman–Crippen LogP) is 4.23. The van der Waals surface area contributed by atoms with Crippen molar-refractivity contribution in [1.82, 2.24) is 4.31 Å². The highest BCUT2D eigenvalue weighted by molar-refractivity contribution is 7.99. The number of carbonyl (C=O) groups excluding carboxylic acids is 2. The van der Waals surface area contributed by atoms with Crippen LogP contribution >= 0.6 is 23.3 Å². The van der Waals surface area contributed by atoms with E-state index in [1.807, 2.05) is 13.8 Å². The van der Waals surface area contributed by atoms with Crippen LogP contribution in [-0.4, -0.2) is 41.4 Å². The minimum absolute atomic E-state index is 0.0369. The van der Waals surface area contributed by atoms with Gasteiger partial charge in [0.15, 0.2) is 0 Å². The maximum atomic E-state index is 13.2. The van der Waals surface area contributed by atoms with Gasteiger partial charge in [-0.15, -0.1) is 11.3 Å². The molecule has 1 aromatic heterocycles. The van der Waals surface area contributed by atoms with Crippen LogP contribution in [0.2, 0.25) is 0 Å². The van der Waals surface area contributed by atoms with Gasteiger partial charge >= 0.3 is 6.18 Å². The van der Waals surface area contributed by atoms with Crippen molar-refractivity contribution in [3.05, 3.63) is 47.0 Å². The molecule has 0 radical (unpaired) electrons. The van der Waals surface area contributed by atoms with E-state index in [2.05, 4.69) is 9.62 Å². The normalized spacial score (nSPS) is 20.2. The number of amides is 2. The van der Waals surface area contributed by atoms with Crippen LogP contribution in [-0.2, 0) is 10.9 Å². The third-order valence-corrected chi connectivity index (χ3v) is 6.46. The topological polar surface area (TPSA) is 84.7 Å². The Labute approximate surface area is 179 Å². The van der Waals surface area contributed by atoms with Crippen LogP contribution in [0.15, 0.2) is 34.5 Å². The third kappa shape index (κ3) is 5.34. The van der Waals surface area contributed by atoms with E-state index in [0.717, 1.165) is 23.5 Å². The lowest BCUT2D eigenvalue weighted by molar-refractivity contribution is -0.137. The number of carbonyl (C=O) groups is 2. The van der Waals surface area contributed by atoms with Gasteiger partial charge in [-0.05, 0) is 44.0 Å². The average molecular weight is 460 g/mol. The van der Waals surface area contributed by atoms with Gasteiger partial charge in [0.2, 0.25) is 0 Å². The molecule has 1 saturated heterocycles. The highest BCUT2D eigenvalue weighted by atomic mass is 32.2. The summed E-state index contributed by atoms with van der Waals surface area (Å²) in [6, 6.07) is 6.00. The van der Waals surface area contributed by atoms with Crippen LogP contribution in [0, 0.1) is 0 Å². The van der Waals surface area contributed by atoms with E-state index in [4.69, 9.17) is 10.5 Å². The average Bonchev–Trinajstić information content (AvgIpc) is 3.02. The zero-order chi connectivity index (χ0) is 22.1. The van der Waals surface area contributed by atoms with Crippen LogP contribution in [0.25, 0.3) is 0 Å². The third-order valence-electron chi connectivity index (χ3n) is 4.28. The van der Waals surface area contributed by atoms with Gasteiger partial charge in [-0.3, -0.25) is 9.59 Å². The Hall–Kier alpha value is -2.08. The molecule has 0 spiro atoms. The van der Waals surface area contributed by atoms with E-state index >= 15 is 0 Å². The minimum atomic E-state index is -4.68. The number of benzene rings is 1. The molecule has 1 aliphatic rings. The summed E-state index contributed by atoms with van der Waals surface area (Å²) in [5.74, 6) is -1.74. The van der Waals surface area contributed by atoms with Gasteiger partial charge in [0.25, 0.3) is 11.8 Å². The molecule has 2 aromatic rings. The largest absolute Gasteiger partial charge is 0.417 e. The van der Waals surface area contributed by atoms with Crippen molar-refractivity contribution in [1.29, 1.82) is 0 Å². The Kier molecular flexibility index (Phi) is 6.75. The molecular formula is C19H20F3N3O3S2. The Morgan fingerprint density at radius 3 is 2.43 bits per heavy atom. The van der Waals surface area contributed by atoms with Gasteiger partial charge in [-0.1, -0.05) is 12.1 Å². The van der Waals surface area contributed by atoms with Crippen molar-refractivity contribution in [2.75, 3.05) is 18.4 Å². The van der Waals surface area contributed by atoms with Crippen LogP contribution in [0.1, 0.15) is 40.1 Å².